The van der Waals surface area contributed by atoms with Crippen LogP contribution in [0.5, 0.6) is 5.75 Å². The maximum atomic E-state index is 12.4. The van der Waals surface area contributed by atoms with Crippen molar-refractivity contribution >= 4 is 34.7 Å². The van der Waals surface area contributed by atoms with Crippen LogP contribution in [0.1, 0.15) is 24.8 Å². The summed E-state index contributed by atoms with van der Waals surface area (Å²) in [5, 5.41) is 29.7. The number of nitrogens with zero attached hydrogens (tertiary/aromatic N) is 4. The Morgan fingerprint density at radius 2 is 1.33 bits per heavy atom. The van der Waals surface area contributed by atoms with E-state index in [0.29, 0.717) is 36.5 Å². The number of aliphatic carboxylic acids is 1. The van der Waals surface area contributed by atoms with E-state index in [1.54, 1.807) is 12.1 Å². The number of carboxylic acids is 1. The highest BCUT2D eigenvalue weighted by Gasteiger charge is 2.08. The van der Waals surface area contributed by atoms with Crippen LogP contribution < -0.4 is 14.7 Å². The predicted octanol–water partition coefficient (Wildman–Crippen LogP) is 6.18. The third-order valence-electron chi connectivity index (χ3n) is 6.50. The second-order valence-corrected chi connectivity index (χ2v) is 9.58. The van der Waals surface area contributed by atoms with Crippen LogP contribution in [0.25, 0.3) is 11.1 Å². The van der Waals surface area contributed by atoms with Crippen LogP contribution in [0.3, 0.4) is 0 Å². The number of ether oxygens (including phenoxy) is 1. The Bertz CT molecular complexity index is 1530. The lowest BCUT2D eigenvalue weighted by Crippen LogP contribution is -2.22. The molecule has 0 saturated heterocycles. The number of rotatable bonds is 13. The number of carbonyl (C=O) groups is 2. The molecule has 0 fully saturated rings. The number of nitro groups is 1. The zero-order valence-electron chi connectivity index (χ0n) is 23.0. The molecule has 0 bridgehead atoms. The van der Waals surface area contributed by atoms with Gasteiger partial charge in [0.1, 0.15) is 5.75 Å². The first-order valence-electron chi connectivity index (χ1n) is 13.3. The number of hydrogen-bond donors (Lipinski definition) is 0. The second kappa shape index (κ2) is 14.3. The lowest BCUT2D eigenvalue weighted by atomic mass is 10.0. The van der Waals surface area contributed by atoms with E-state index in [-0.39, 0.29) is 24.5 Å². The SMILES string of the molecule is CN(CCCC(=O)Oc1ccc(-c2ccc(CCC(=O)[O-])cc2)cc1)c1ccc(N=Nc2ccc([N+](=O)[O-])cc2)cc1. The normalized spacial score (nSPS) is 10.9. The summed E-state index contributed by atoms with van der Waals surface area (Å²) in [7, 11) is 1.94. The molecule has 0 aromatic heterocycles. The maximum Gasteiger partial charge on any atom is 0.311 e. The van der Waals surface area contributed by atoms with Gasteiger partial charge in [-0.1, -0.05) is 36.4 Å². The minimum Gasteiger partial charge on any atom is -0.550 e. The summed E-state index contributed by atoms with van der Waals surface area (Å²) in [5.74, 6) is -0.900. The summed E-state index contributed by atoms with van der Waals surface area (Å²) < 4.78 is 5.49. The molecule has 0 heterocycles. The van der Waals surface area contributed by atoms with Gasteiger partial charge in [-0.2, -0.15) is 10.2 Å². The molecule has 4 aromatic rings. The highest BCUT2D eigenvalue weighted by molar-refractivity contribution is 5.73. The van der Waals surface area contributed by atoms with Gasteiger partial charge in [0, 0.05) is 43.8 Å². The standard InChI is InChI=1S/C32H30N4O6/c1-35(28-15-11-26(12-16-28)33-34-27-13-17-29(18-14-27)36(40)41)22-2-3-32(39)42-30-19-9-25(10-20-30)24-7-4-23(5-8-24)6-21-31(37)38/h4-5,7-20H,2-3,6,21-22H2,1H3,(H,37,38)/p-1. The van der Waals surface area contributed by atoms with Crippen LogP contribution in [0.2, 0.25) is 0 Å². The van der Waals surface area contributed by atoms with Gasteiger partial charge < -0.3 is 19.5 Å². The summed E-state index contributed by atoms with van der Waals surface area (Å²) in [5.41, 5.74) is 4.99. The fraction of sp³-hybridized carbons (Fsp3) is 0.188. The molecule has 10 nitrogen and oxygen atoms in total. The number of aryl methyl sites for hydroxylation is 1. The van der Waals surface area contributed by atoms with Crippen LogP contribution in [-0.2, 0) is 16.0 Å². The highest BCUT2D eigenvalue weighted by atomic mass is 16.6. The smallest absolute Gasteiger partial charge is 0.311 e. The number of hydrogen-bond acceptors (Lipinski definition) is 9. The molecule has 0 aliphatic carbocycles. The van der Waals surface area contributed by atoms with Gasteiger partial charge in [0.15, 0.2) is 0 Å². The Morgan fingerprint density at radius 1 is 0.786 bits per heavy atom. The molecule has 0 spiro atoms. The van der Waals surface area contributed by atoms with Crippen molar-refractivity contribution < 1.29 is 24.4 Å². The van der Waals surface area contributed by atoms with Crippen molar-refractivity contribution in [1.82, 2.24) is 0 Å². The van der Waals surface area contributed by atoms with E-state index >= 15 is 0 Å². The zero-order valence-corrected chi connectivity index (χ0v) is 23.0. The summed E-state index contributed by atoms with van der Waals surface area (Å²) >= 11 is 0. The van der Waals surface area contributed by atoms with Gasteiger partial charge in [-0.05, 0) is 84.5 Å². The molecule has 214 valence electrons. The first-order valence-corrected chi connectivity index (χ1v) is 13.3. The molecule has 42 heavy (non-hydrogen) atoms. The number of nitro benzene ring substituents is 1. The van der Waals surface area contributed by atoms with Crippen molar-refractivity contribution in [3.63, 3.8) is 0 Å². The van der Waals surface area contributed by atoms with Gasteiger partial charge in [-0.3, -0.25) is 14.9 Å². The molecule has 0 unspecified atom stereocenters. The average molecular weight is 566 g/mol. The van der Waals surface area contributed by atoms with Crippen LogP contribution in [0.15, 0.2) is 107 Å². The van der Waals surface area contributed by atoms with Crippen molar-refractivity contribution in [2.75, 3.05) is 18.5 Å². The Balaban J connectivity index is 1.20. The van der Waals surface area contributed by atoms with E-state index in [2.05, 4.69) is 10.2 Å². The zero-order chi connectivity index (χ0) is 29.9. The van der Waals surface area contributed by atoms with Gasteiger partial charge in [-0.25, -0.2) is 0 Å². The molecule has 4 rings (SSSR count). The Labute approximate surface area is 243 Å². The molecule has 0 atom stereocenters. The van der Waals surface area contributed by atoms with Crippen LogP contribution >= 0.6 is 0 Å². The first kappa shape index (κ1) is 29.6. The highest BCUT2D eigenvalue weighted by Crippen LogP contribution is 2.25. The van der Waals surface area contributed by atoms with Gasteiger partial charge in [0.05, 0.1) is 16.3 Å². The third-order valence-corrected chi connectivity index (χ3v) is 6.50. The average Bonchev–Trinajstić information content (AvgIpc) is 3.00. The van der Waals surface area contributed by atoms with Crippen molar-refractivity contribution in [2.24, 2.45) is 10.2 Å². The monoisotopic (exact) mass is 565 g/mol. The van der Waals surface area contributed by atoms with E-state index < -0.39 is 10.9 Å². The van der Waals surface area contributed by atoms with E-state index in [0.717, 1.165) is 22.4 Å². The van der Waals surface area contributed by atoms with Crippen molar-refractivity contribution in [3.8, 4) is 16.9 Å². The number of azo groups is 1. The largest absolute Gasteiger partial charge is 0.550 e. The quantitative estimate of drug-likeness (QED) is 0.0620. The molecule has 0 saturated carbocycles. The van der Waals surface area contributed by atoms with E-state index in [1.807, 2.05) is 72.6 Å². The lowest BCUT2D eigenvalue weighted by Gasteiger charge is -2.19. The molecule has 4 aromatic carbocycles. The molecule has 0 amide bonds. The van der Waals surface area contributed by atoms with Crippen LogP contribution in [-0.4, -0.2) is 30.5 Å². The Morgan fingerprint density at radius 3 is 1.88 bits per heavy atom. The summed E-state index contributed by atoms with van der Waals surface area (Å²) in [6.45, 7) is 0.649. The van der Waals surface area contributed by atoms with Crippen LogP contribution in [0, 0.1) is 10.1 Å². The topological polar surface area (TPSA) is 138 Å². The number of anilines is 1. The molecule has 0 aliphatic heterocycles. The molecular formula is C32H29N4O6-. The lowest BCUT2D eigenvalue weighted by molar-refractivity contribution is -0.384. The molecule has 10 heteroatoms. The van der Waals surface area contributed by atoms with Crippen LogP contribution in [0.4, 0.5) is 22.7 Å². The molecule has 0 aliphatic rings. The van der Waals surface area contributed by atoms with E-state index in [1.165, 1.54) is 24.3 Å². The number of carbonyl (C=O) groups excluding carboxylic acids is 2. The molecule has 0 radical (unpaired) electrons. The summed E-state index contributed by atoms with van der Waals surface area (Å²) in [6.07, 6.45) is 1.30. The molecule has 0 N–H and O–H groups in total. The summed E-state index contributed by atoms with van der Waals surface area (Å²) in [4.78, 5) is 35.3. The minimum absolute atomic E-state index is 0.00131. The number of non-ortho nitro benzene ring substituents is 1. The molecular weight excluding hydrogens is 536 g/mol. The first-order chi connectivity index (χ1) is 20.3. The van der Waals surface area contributed by atoms with Gasteiger partial charge in [0.2, 0.25) is 0 Å². The fourth-order valence-corrected chi connectivity index (χ4v) is 4.13. The van der Waals surface area contributed by atoms with E-state index in [9.17, 15) is 24.8 Å². The maximum absolute atomic E-state index is 12.4. The Hall–Kier alpha value is -5.38. The van der Waals surface area contributed by atoms with Crippen molar-refractivity contribution in [3.05, 3.63) is 113 Å². The number of esters is 1. The second-order valence-electron chi connectivity index (χ2n) is 9.58. The van der Waals surface area contributed by atoms with E-state index in [4.69, 9.17) is 4.74 Å². The van der Waals surface area contributed by atoms with Gasteiger partial charge >= 0.3 is 5.97 Å². The van der Waals surface area contributed by atoms with Crippen molar-refractivity contribution in [1.29, 1.82) is 0 Å². The predicted molar refractivity (Wildman–Crippen MR) is 157 cm³/mol. The van der Waals surface area contributed by atoms with Gasteiger partial charge in [0.25, 0.3) is 5.69 Å². The summed E-state index contributed by atoms with van der Waals surface area (Å²) in [6, 6.07) is 28.2. The number of carboxylic acid groups (broad SMARTS) is 1. The minimum atomic E-state index is -1.06. The van der Waals surface area contributed by atoms with Gasteiger partial charge in [-0.15, -0.1) is 0 Å². The Kier molecular flexibility index (Phi) is 10.1. The third kappa shape index (κ3) is 8.82. The van der Waals surface area contributed by atoms with Crippen molar-refractivity contribution in [2.45, 2.75) is 25.7 Å². The number of benzene rings is 4. The fourth-order valence-electron chi connectivity index (χ4n) is 4.13.